The molecule has 49 heavy (non-hydrogen) atoms. The second-order valence-electron chi connectivity index (χ2n) is 11.3. The number of fused-ring (bicyclic) bond motifs is 3. The smallest absolute Gasteiger partial charge is 0.416 e. The first-order chi connectivity index (χ1) is 23.5. The lowest BCUT2D eigenvalue weighted by atomic mass is 9.83. The van der Waals surface area contributed by atoms with Crippen LogP contribution in [0.3, 0.4) is 0 Å². The topological polar surface area (TPSA) is 118 Å². The molecular formula is C35H26F3N3O6S2. The number of nitrogens with zero attached hydrogens (tertiary/aromatic N) is 1. The minimum Gasteiger partial charge on any atom is -0.490 e. The van der Waals surface area contributed by atoms with Gasteiger partial charge in [-0.15, -0.1) is 0 Å². The van der Waals surface area contributed by atoms with Gasteiger partial charge >= 0.3 is 11.0 Å². The lowest BCUT2D eigenvalue weighted by molar-refractivity contribution is -0.137. The standard InChI is InChI=1S/C35H26F3N3O6S2/c1-2-46-25-15-20(11-13-24(25)47-17-26(42)39-22-12-10-18-6-3-4-7-19(18)14-22)27-28-30(48-31-29(27)49-34(45)40-31)33(44)41(32(28)43)23-9-5-8-21(16-23)35(36,37)38/h3-16,27-28,30H,2,17H2,1H3,(H,39,42)(H,40,45)/t27-,28-,30+/m0/s1. The number of nitrogens with one attached hydrogen (secondary N) is 2. The number of thioether (sulfide) groups is 1. The summed E-state index contributed by atoms with van der Waals surface area (Å²) in [5.74, 6) is -3.07. The van der Waals surface area contributed by atoms with Crippen molar-refractivity contribution in [1.29, 1.82) is 0 Å². The number of aromatic amines is 1. The Hall–Kier alpha value is -5.08. The molecule has 3 atom stereocenters. The van der Waals surface area contributed by atoms with Crippen molar-refractivity contribution >= 4 is 63.0 Å². The highest BCUT2D eigenvalue weighted by molar-refractivity contribution is 8.00. The Balaban J connectivity index is 1.17. The average Bonchev–Trinajstić information content (AvgIpc) is 3.57. The van der Waals surface area contributed by atoms with E-state index in [0.717, 1.165) is 57.0 Å². The predicted octanol–water partition coefficient (Wildman–Crippen LogP) is 6.82. The number of halogens is 3. The molecule has 3 amide bonds. The number of H-pyrrole nitrogens is 1. The maximum absolute atomic E-state index is 14.0. The summed E-state index contributed by atoms with van der Waals surface area (Å²) >= 11 is 1.92. The monoisotopic (exact) mass is 705 g/mol. The molecule has 9 nitrogen and oxygen atoms in total. The number of aromatic nitrogens is 1. The van der Waals surface area contributed by atoms with E-state index in [1.807, 2.05) is 36.4 Å². The van der Waals surface area contributed by atoms with Crippen molar-refractivity contribution in [2.75, 3.05) is 23.4 Å². The third-order valence-electron chi connectivity index (χ3n) is 8.27. The van der Waals surface area contributed by atoms with E-state index in [1.54, 1.807) is 31.2 Å². The van der Waals surface area contributed by atoms with Crippen molar-refractivity contribution in [3.05, 3.63) is 111 Å². The number of carbonyl (C=O) groups excluding carboxylic acids is 3. The maximum Gasteiger partial charge on any atom is 0.416 e. The van der Waals surface area contributed by atoms with Crippen molar-refractivity contribution in [3.63, 3.8) is 0 Å². The van der Waals surface area contributed by atoms with Crippen LogP contribution in [0.25, 0.3) is 10.8 Å². The Morgan fingerprint density at radius 2 is 1.69 bits per heavy atom. The van der Waals surface area contributed by atoms with Crippen LogP contribution in [0.4, 0.5) is 24.5 Å². The van der Waals surface area contributed by atoms with E-state index < -0.39 is 46.5 Å². The molecular weight excluding hydrogens is 680 g/mol. The molecule has 0 bridgehead atoms. The van der Waals surface area contributed by atoms with Crippen molar-refractivity contribution in [1.82, 2.24) is 4.98 Å². The van der Waals surface area contributed by atoms with Gasteiger partial charge in [-0.1, -0.05) is 65.6 Å². The van der Waals surface area contributed by atoms with E-state index in [2.05, 4.69) is 10.3 Å². The molecule has 2 aliphatic rings. The summed E-state index contributed by atoms with van der Waals surface area (Å²) in [6, 6.07) is 22.3. The van der Waals surface area contributed by atoms with E-state index in [4.69, 9.17) is 9.47 Å². The number of amides is 3. The van der Waals surface area contributed by atoms with Gasteiger partial charge in [0, 0.05) is 16.5 Å². The normalized spacial score (nSPS) is 18.7. The molecule has 1 fully saturated rings. The van der Waals surface area contributed by atoms with Crippen LogP contribution in [0.5, 0.6) is 11.5 Å². The van der Waals surface area contributed by atoms with Crippen LogP contribution in [-0.4, -0.2) is 41.2 Å². The fourth-order valence-electron chi connectivity index (χ4n) is 6.17. The van der Waals surface area contributed by atoms with Gasteiger partial charge in [-0.2, -0.15) is 13.2 Å². The molecule has 0 radical (unpaired) electrons. The highest BCUT2D eigenvalue weighted by atomic mass is 32.2. The largest absolute Gasteiger partial charge is 0.490 e. The zero-order valence-corrected chi connectivity index (χ0v) is 27.2. The van der Waals surface area contributed by atoms with Crippen molar-refractivity contribution < 1.29 is 37.0 Å². The molecule has 4 aromatic carbocycles. The van der Waals surface area contributed by atoms with Gasteiger partial charge in [-0.25, -0.2) is 4.90 Å². The molecule has 5 aromatic rings. The number of hydrogen-bond donors (Lipinski definition) is 2. The fraction of sp³-hybridized carbons (Fsp3) is 0.200. The summed E-state index contributed by atoms with van der Waals surface area (Å²) in [6.45, 7) is 1.66. The Labute approximate surface area is 285 Å². The van der Waals surface area contributed by atoms with Gasteiger partial charge in [0.25, 0.3) is 5.91 Å². The summed E-state index contributed by atoms with van der Waals surface area (Å²) < 4.78 is 52.3. The lowest BCUT2D eigenvalue weighted by Gasteiger charge is -2.30. The SMILES string of the molecule is CCOc1cc([C@@H]2c3sc(=O)[nH]c3S[C@H]3C(=O)N(c4cccc(C(F)(F)F)c4)C(=O)[C@@H]23)ccc1OCC(=O)Nc1ccc2ccccc2c1. The number of anilines is 2. The number of alkyl halides is 3. The first-order valence-electron chi connectivity index (χ1n) is 15.1. The number of imide groups is 1. The summed E-state index contributed by atoms with van der Waals surface area (Å²) in [5.41, 5.74) is -0.0453. The highest BCUT2D eigenvalue weighted by Gasteiger charge is 2.56. The number of carbonyl (C=O) groups is 3. The van der Waals surface area contributed by atoms with Gasteiger partial charge in [0.2, 0.25) is 11.8 Å². The molecule has 2 N–H and O–H groups in total. The molecule has 2 aliphatic heterocycles. The Morgan fingerprint density at radius 3 is 2.47 bits per heavy atom. The van der Waals surface area contributed by atoms with Crippen LogP contribution in [0, 0.1) is 5.92 Å². The summed E-state index contributed by atoms with van der Waals surface area (Å²) in [6.07, 6.45) is -4.67. The Kier molecular flexibility index (Phi) is 8.45. The van der Waals surface area contributed by atoms with Gasteiger partial charge < -0.3 is 19.8 Å². The molecule has 14 heteroatoms. The summed E-state index contributed by atoms with van der Waals surface area (Å²) in [7, 11) is 0. The second-order valence-corrected chi connectivity index (χ2v) is 13.5. The number of thiazole rings is 1. The number of ether oxygens (including phenoxy) is 2. The lowest BCUT2D eigenvalue weighted by Crippen LogP contribution is -2.32. The van der Waals surface area contributed by atoms with Crippen LogP contribution in [0.1, 0.15) is 28.8 Å². The van der Waals surface area contributed by atoms with Crippen molar-refractivity contribution in [2.24, 2.45) is 5.92 Å². The number of benzene rings is 4. The van der Waals surface area contributed by atoms with Gasteiger partial charge in [-0.05, 0) is 65.7 Å². The molecule has 3 heterocycles. The van der Waals surface area contributed by atoms with Crippen LogP contribution in [-0.2, 0) is 20.6 Å². The molecule has 1 aromatic heterocycles. The third-order valence-corrected chi connectivity index (χ3v) is 10.7. The zero-order valence-electron chi connectivity index (χ0n) is 25.6. The molecule has 7 rings (SSSR count). The maximum atomic E-state index is 14.0. The predicted molar refractivity (Wildman–Crippen MR) is 180 cm³/mol. The Morgan fingerprint density at radius 1 is 0.898 bits per heavy atom. The van der Waals surface area contributed by atoms with E-state index in [9.17, 15) is 32.3 Å². The summed E-state index contributed by atoms with van der Waals surface area (Å²) in [5, 5.41) is 4.23. The van der Waals surface area contributed by atoms with Gasteiger partial charge in [-0.3, -0.25) is 19.2 Å². The van der Waals surface area contributed by atoms with E-state index in [1.165, 1.54) is 6.07 Å². The zero-order chi connectivity index (χ0) is 34.4. The van der Waals surface area contributed by atoms with Crippen LogP contribution in [0.2, 0.25) is 0 Å². The van der Waals surface area contributed by atoms with Crippen LogP contribution in [0.15, 0.2) is 94.7 Å². The molecule has 0 unspecified atom stereocenters. The van der Waals surface area contributed by atoms with Crippen molar-refractivity contribution in [2.45, 2.75) is 29.3 Å². The van der Waals surface area contributed by atoms with Gasteiger partial charge in [0.05, 0.1) is 28.8 Å². The first-order valence-corrected chi connectivity index (χ1v) is 16.8. The molecule has 0 aliphatic carbocycles. The molecule has 1 saturated heterocycles. The second kappa shape index (κ2) is 12.7. The Bertz CT molecular complexity index is 2180. The van der Waals surface area contributed by atoms with E-state index in [-0.39, 0.29) is 35.3 Å². The average molecular weight is 706 g/mol. The first kappa shape index (κ1) is 32.5. The van der Waals surface area contributed by atoms with Crippen LogP contribution >= 0.6 is 23.1 Å². The number of rotatable bonds is 8. The highest BCUT2D eigenvalue weighted by Crippen LogP contribution is 2.54. The quantitative estimate of drug-likeness (QED) is 0.170. The van der Waals surface area contributed by atoms with E-state index >= 15 is 0 Å². The van der Waals surface area contributed by atoms with Gasteiger partial charge in [0.1, 0.15) is 5.25 Å². The van der Waals surface area contributed by atoms with Crippen LogP contribution < -0.4 is 24.6 Å². The molecule has 0 saturated carbocycles. The summed E-state index contributed by atoms with van der Waals surface area (Å²) in [4.78, 5) is 56.7. The number of hydrogen-bond acceptors (Lipinski definition) is 8. The fourth-order valence-corrected chi connectivity index (χ4v) is 8.68. The minimum atomic E-state index is -4.67. The van der Waals surface area contributed by atoms with Gasteiger partial charge in [0.15, 0.2) is 18.1 Å². The minimum absolute atomic E-state index is 0.184. The van der Waals surface area contributed by atoms with Crippen molar-refractivity contribution in [3.8, 4) is 11.5 Å². The van der Waals surface area contributed by atoms with E-state index in [0.29, 0.717) is 21.2 Å². The third kappa shape index (κ3) is 6.17. The molecule has 250 valence electrons. The molecule has 0 spiro atoms.